The smallest absolute Gasteiger partial charge is 0.236 e. The molecule has 0 atom stereocenters. The minimum atomic E-state index is 0.626. The summed E-state index contributed by atoms with van der Waals surface area (Å²) >= 11 is 1.81. The molecule has 7 aromatic carbocycles. The van der Waals surface area contributed by atoms with Crippen molar-refractivity contribution in [2.24, 2.45) is 0 Å². The fourth-order valence-corrected chi connectivity index (χ4v) is 8.73. The van der Waals surface area contributed by atoms with Gasteiger partial charge in [-0.2, -0.15) is 0 Å². The Hall–Kier alpha value is -6.04. The molecule has 5 heteroatoms. The fourth-order valence-electron chi connectivity index (χ4n) is 7.60. The Labute approximate surface area is 271 Å². The predicted molar refractivity (Wildman–Crippen MR) is 197 cm³/mol. The number of furan rings is 1. The van der Waals surface area contributed by atoms with Gasteiger partial charge in [0.2, 0.25) is 5.95 Å². The van der Waals surface area contributed by atoms with Crippen molar-refractivity contribution in [1.29, 1.82) is 0 Å². The number of rotatable bonds is 2. The van der Waals surface area contributed by atoms with Crippen LogP contribution >= 0.6 is 11.3 Å². The van der Waals surface area contributed by atoms with Gasteiger partial charge in [0.15, 0.2) is 5.58 Å². The van der Waals surface area contributed by atoms with Crippen molar-refractivity contribution in [3.05, 3.63) is 140 Å². The zero-order valence-corrected chi connectivity index (χ0v) is 25.8. The first-order valence-electron chi connectivity index (χ1n) is 15.8. The topological polar surface area (TPSA) is 43.9 Å². The van der Waals surface area contributed by atoms with Crippen LogP contribution < -0.4 is 0 Å². The summed E-state index contributed by atoms with van der Waals surface area (Å²) in [6.45, 7) is 0. The molecule has 218 valence electrons. The monoisotopic (exact) mass is 617 g/mol. The molecule has 4 nitrogen and oxygen atoms in total. The number of fused-ring (bicyclic) bond motifs is 13. The first-order chi connectivity index (χ1) is 23.3. The van der Waals surface area contributed by atoms with Crippen molar-refractivity contribution in [3.63, 3.8) is 0 Å². The largest absolute Gasteiger partial charge is 0.452 e. The number of benzene rings is 7. The van der Waals surface area contributed by atoms with Crippen LogP contribution in [0.5, 0.6) is 0 Å². The van der Waals surface area contributed by atoms with Crippen LogP contribution in [-0.2, 0) is 0 Å². The van der Waals surface area contributed by atoms with E-state index in [2.05, 4.69) is 126 Å². The van der Waals surface area contributed by atoms with E-state index < -0.39 is 0 Å². The number of thiophene rings is 1. The van der Waals surface area contributed by atoms with Crippen molar-refractivity contribution in [2.45, 2.75) is 0 Å². The normalized spacial score (nSPS) is 12.3. The Morgan fingerprint density at radius 1 is 0.489 bits per heavy atom. The second kappa shape index (κ2) is 9.25. The molecule has 0 unspecified atom stereocenters. The van der Waals surface area contributed by atoms with Crippen molar-refractivity contribution in [3.8, 4) is 17.2 Å². The predicted octanol–water partition coefficient (Wildman–Crippen LogP) is 11.8. The van der Waals surface area contributed by atoms with E-state index in [-0.39, 0.29) is 0 Å². The molecule has 47 heavy (non-hydrogen) atoms. The summed E-state index contributed by atoms with van der Waals surface area (Å²) in [5.41, 5.74) is 6.32. The van der Waals surface area contributed by atoms with Crippen LogP contribution in [-0.4, -0.2) is 14.5 Å². The molecule has 0 bridgehead atoms. The van der Waals surface area contributed by atoms with Gasteiger partial charge in [-0.1, -0.05) is 103 Å². The molecule has 0 saturated heterocycles. The van der Waals surface area contributed by atoms with Crippen LogP contribution in [0, 0.1) is 0 Å². The number of hydrogen-bond donors (Lipinski definition) is 0. The highest BCUT2D eigenvalue weighted by atomic mass is 32.1. The summed E-state index contributed by atoms with van der Waals surface area (Å²) in [6.07, 6.45) is 0. The lowest BCUT2D eigenvalue weighted by molar-refractivity contribution is 0.666. The van der Waals surface area contributed by atoms with Crippen LogP contribution in [0.4, 0.5) is 0 Å². The maximum Gasteiger partial charge on any atom is 0.236 e. The van der Waals surface area contributed by atoms with E-state index in [1.54, 1.807) is 0 Å². The standard InChI is InChI=1S/C42H23N3OS/c1-3-12-26-24(10-1)20-22-31-37(26)38-27-13-4-2-11-25(27)21-23-32(38)45(31)42-43-39-28-14-5-7-17-33(28)46-41(39)40(44-42)30-16-9-19-35-36(30)29-15-6-8-18-34(29)47-35/h1-23H. The molecule has 0 aliphatic carbocycles. The van der Waals surface area contributed by atoms with E-state index in [4.69, 9.17) is 14.4 Å². The molecule has 0 aliphatic heterocycles. The zero-order valence-electron chi connectivity index (χ0n) is 24.9. The highest BCUT2D eigenvalue weighted by Crippen LogP contribution is 2.44. The SMILES string of the molecule is c1ccc2c(c1)ccc1c2c2c3ccccc3ccc2n1-c1nc(-c2cccc3sc4ccccc4c23)c2oc3ccccc3c2n1. The molecular formula is C42H23N3OS. The van der Waals surface area contributed by atoms with Crippen molar-refractivity contribution >= 4 is 96.9 Å². The summed E-state index contributed by atoms with van der Waals surface area (Å²) in [5.74, 6) is 0.626. The highest BCUT2D eigenvalue weighted by Gasteiger charge is 2.24. The van der Waals surface area contributed by atoms with Gasteiger partial charge in [0.05, 0.1) is 11.0 Å². The van der Waals surface area contributed by atoms with Gasteiger partial charge in [-0.25, -0.2) is 9.97 Å². The second-order valence-corrected chi connectivity index (χ2v) is 13.2. The Morgan fingerprint density at radius 2 is 1.11 bits per heavy atom. The van der Waals surface area contributed by atoms with Crippen LogP contribution in [0.3, 0.4) is 0 Å². The first kappa shape index (κ1) is 25.2. The third-order valence-corrected chi connectivity index (χ3v) is 10.7. The van der Waals surface area contributed by atoms with Crippen molar-refractivity contribution in [1.82, 2.24) is 14.5 Å². The van der Waals surface area contributed by atoms with E-state index in [1.165, 1.54) is 52.5 Å². The maximum absolute atomic E-state index is 6.61. The fraction of sp³-hybridized carbons (Fsp3) is 0. The van der Waals surface area contributed by atoms with Gasteiger partial charge >= 0.3 is 0 Å². The lowest BCUT2D eigenvalue weighted by Gasteiger charge is -2.11. The first-order valence-corrected chi connectivity index (χ1v) is 16.6. The van der Waals surface area contributed by atoms with Gasteiger partial charge in [0.1, 0.15) is 16.8 Å². The lowest BCUT2D eigenvalue weighted by Crippen LogP contribution is -2.03. The van der Waals surface area contributed by atoms with Gasteiger partial charge in [-0.05, 0) is 57.9 Å². The molecule has 4 aromatic heterocycles. The summed E-state index contributed by atoms with van der Waals surface area (Å²) < 4.78 is 11.3. The molecule has 0 N–H and O–H groups in total. The lowest BCUT2D eigenvalue weighted by atomic mass is 10.00. The summed E-state index contributed by atoms with van der Waals surface area (Å²) in [6, 6.07) is 49.4. The van der Waals surface area contributed by atoms with E-state index in [1.807, 2.05) is 29.5 Å². The van der Waals surface area contributed by atoms with Crippen LogP contribution in [0.1, 0.15) is 0 Å². The molecule has 11 aromatic rings. The molecule has 0 aliphatic rings. The van der Waals surface area contributed by atoms with Gasteiger partial charge in [0.25, 0.3) is 0 Å². The van der Waals surface area contributed by atoms with Crippen molar-refractivity contribution < 1.29 is 4.42 Å². The molecule has 4 heterocycles. The van der Waals surface area contributed by atoms with Crippen LogP contribution in [0.15, 0.2) is 144 Å². The minimum Gasteiger partial charge on any atom is -0.452 e. The Bertz CT molecular complexity index is 3000. The minimum absolute atomic E-state index is 0.626. The Kier molecular flexibility index (Phi) is 4.96. The maximum atomic E-state index is 6.61. The van der Waals surface area contributed by atoms with Crippen LogP contribution in [0.2, 0.25) is 0 Å². The average Bonchev–Trinajstić information content (AvgIpc) is 3.81. The Balaban J connectivity index is 1.34. The molecule has 0 radical (unpaired) electrons. The summed E-state index contributed by atoms with van der Waals surface area (Å²) in [7, 11) is 0. The van der Waals surface area contributed by atoms with E-state index in [9.17, 15) is 0 Å². The van der Waals surface area contributed by atoms with Gasteiger partial charge < -0.3 is 4.42 Å². The summed E-state index contributed by atoms with van der Waals surface area (Å²) in [4.78, 5) is 10.8. The number of nitrogens with zero attached hydrogens (tertiary/aromatic N) is 3. The molecule has 0 spiro atoms. The average molecular weight is 618 g/mol. The number of aromatic nitrogens is 3. The third-order valence-electron chi connectivity index (χ3n) is 9.61. The quantitative estimate of drug-likeness (QED) is 0.194. The van der Waals surface area contributed by atoms with Gasteiger partial charge in [-0.3, -0.25) is 4.57 Å². The van der Waals surface area contributed by atoms with Crippen LogP contribution in [0.25, 0.3) is 103 Å². The molecular weight excluding hydrogens is 595 g/mol. The highest BCUT2D eigenvalue weighted by molar-refractivity contribution is 7.25. The number of hydrogen-bond acceptors (Lipinski definition) is 4. The van der Waals surface area contributed by atoms with Gasteiger partial charge in [0, 0.05) is 41.9 Å². The molecule has 0 saturated carbocycles. The molecule has 0 amide bonds. The van der Waals surface area contributed by atoms with Crippen molar-refractivity contribution in [2.75, 3.05) is 0 Å². The molecule has 0 fully saturated rings. The van der Waals surface area contributed by atoms with Gasteiger partial charge in [-0.15, -0.1) is 11.3 Å². The Morgan fingerprint density at radius 3 is 1.85 bits per heavy atom. The van der Waals surface area contributed by atoms with E-state index >= 15 is 0 Å². The van der Waals surface area contributed by atoms with E-state index in [0.29, 0.717) is 11.5 Å². The second-order valence-electron chi connectivity index (χ2n) is 12.1. The number of para-hydroxylation sites is 1. The summed E-state index contributed by atoms with van der Waals surface area (Å²) in [5, 5.41) is 10.7. The van der Waals surface area contributed by atoms with E-state index in [0.717, 1.165) is 38.8 Å². The third kappa shape index (κ3) is 3.41. The zero-order chi connectivity index (χ0) is 30.6. The molecule has 11 rings (SSSR count).